The maximum absolute atomic E-state index is 12.9. The highest BCUT2D eigenvalue weighted by Crippen LogP contribution is 2.16. The number of carbonyl (C=O) groups is 3. The van der Waals surface area contributed by atoms with Gasteiger partial charge in [-0.1, -0.05) is 269 Å². The Morgan fingerprint density at radius 1 is 0.253 bits per heavy atom. The van der Waals surface area contributed by atoms with Gasteiger partial charge in [0.1, 0.15) is 13.2 Å². The summed E-state index contributed by atoms with van der Waals surface area (Å²) < 4.78 is 16.9. The molecule has 1 unspecified atom stereocenters. The van der Waals surface area contributed by atoms with Crippen LogP contribution in [0.3, 0.4) is 0 Å². The van der Waals surface area contributed by atoms with Crippen molar-refractivity contribution in [2.75, 3.05) is 13.2 Å². The molecule has 0 aliphatic carbocycles. The average molecular weight is 1090 g/mol. The van der Waals surface area contributed by atoms with Crippen molar-refractivity contribution in [1.82, 2.24) is 0 Å². The van der Waals surface area contributed by atoms with E-state index >= 15 is 0 Å². The predicted octanol–water partition coefficient (Wildman–Crippen LogP) is 22.3. The van der Waals surface area contributed by atoms with Gasteiger partial charge in [-0.05, 0) is 135 Å². The largest absolute Gasteiger partial charge is 0.462 e. The normalized spacial score (nSPS) is 13.1. The average Bonchev–Trinajstić information content (AvgIpc) is 3.45. The van der Waals surface area contributed by atoms with E-state index in [-0.39, 0.29) is 31.1 Å². The highest BCUT2D eigenvalue weighted by molar-refractivity contribution is 5.71. The van der Waals surface area contributed by atoms with Crippen LogP contribution in [0.5, 0.6) is 0 Å². The molecule has 0 saturated carbocycles. The van der Waals surface area contributed by atoms with Crippen LogP contribution in [-0.4, -0.2) is 37.2 Å². The second kappa shape index (κ2) is 65.8. The molecule has 0 aliphatic heterocycles. The molecule has 6 nitrogen and oxygen atoms in total. The van der Waals surface area contributed by atoms with Gasteiger partial charge >= 0.3 is 17.9 Å². The van der Waals surface area contributed by atoms with Crippen molar-refractivity contribution in [2.45, 2.75) is 284 Å². The van der Waals surface area contributed by atoms with E-state index < -0.39 is 6.10 Å². The number of unbranched alkanes of at least 4 members (excludes halogenated alkanes) is 22. The number of hydrogen-bond donors (Lipinski definition) is 0. The van der Waals surface area contributed by atoms with Crippen LogP contribution < -0.4 is 0 Å². The Labute approximate surface area is 487 Å². The van der Waals surface area contributed by atoms with Gasteiger partial charge in [0, 0.05) is 19.3 Å². The number of rotatable bonds is 57. The van der Waals surface area contributed by atoms with Gasteiger partial charge in [0.05, 0.1) is 0 Å². The minimum atomic E-state index is -0.808. The van der Waals surface area contributed by atoms with Crippen LogP contribution >= 0.6 is 0 Å². The molecule has 0 saturated heterocycles. The topological polar surface area (TPSA) is 78.9 Å². The van der Waals surface area contributed by atoms with E-state index in [4.69, 9.17) is 14.2 Å². The Kier molecular flexibility index (Phi) is 61.9. The highest BCUT2D eigenvalue weighted by Gasteiger charge is 2.19. The third-order valence-corrected chi connectivity index (χ3v) is 13.3. The lowest BCUT2D eigenvalue weighted by atomic mass is 10.0. The molecule has 6 heteroatoms. The smallest absolute Gasteiger partial charge is 0.306 e. The standard InChI is InChI=1S/C73H118O6/c1-4-7-10-13-16-19-22-25-27-29-31-33-34-35-36-37-38-40-41-43-45-48-51-54-57-60-63-66-72(75)78-69-70(68-77-71(74)65-62-59-56-53-50-47-24-21-18-15-12-9-6-3)79-73(76)67-64-61-58-55-52-49-46-44-42-39-32-30-28-26-23-20-17-14-11-8-5-2/h7-12,16-21,25-28,31-33,39,44,46-47,50,70H,4-6,13-15,22-24,29-30,34-38,40-43,45,48-49,51-69H2,1-3H3/b10-7-,11-8-,12-9-,19-16-,20-17-,21-18-,27-25-,28-26-,33-31-,39-32-,46-44-,50-47-. The predicted molar refractivity (Wildman–Crippen MR) is 343 cm³/mol. The molecule has 0 aliphatic rings. The van der Waals surface area contributed by atoms with Crippen molar-refractivity contribution in [1.29, 1.82) is 0 Å². The molecule has 0 bridgehead atoms. The zero-order valence-electron chi connectivity index (χ0n) is 51.1. The van der Waals surface area contributed by atoms with Crippen molar-refractivity contribution in [3.63, 3.8) is 0 Å². The lowest BCUT2D eigenvalue weighted by molar-refractivity contribution is -0.167. The van der Waals surface area contributed by atoms with Gasteiger partial charge in [-0.15, -0.1) is 0 Å². The molecule has 0 fully saturated rings. The first kappa shape index (κ1) is 74.3. The van der Waals surface area contributed by atoms with Gasteiger partial charge in [0.15, 0.2) is 6.10 Å². The molecule has 0 aromatic rings. The van der Waals surface area contributed by atoms with Gasteiger partial charge in [0.25, 0.3) is 0 Å². The van der Waals surface area contributed by atoms with Crippen molar-refractivity contribution < 1.29 is 28.6 Å². The summed E-state index contributed by atoms with van der Waals surface area (Å²) in [6, 6.07) is 0. The SMILES string of the molecule is CC/C=C\C/C=C\C/C=C\C/C=C\C/C=C\CCCCCCCC(=O)OC(COC(=O)CCCCC/C=C\C/C=C\C/C=C\CC)COC(=O)CCCCCCCCCCCCCCCC/C=C\C/C=C\C/C=C\C/C=C\CC. The number of hydrogen-bond acceptors (Lipinski definition) is 6. The van der Waals surface area contributed by atoms with E-state index in [1.807, 2.05) is 0 Å². The summed E-state index contributed by atoms with van der Waals surface area (Å²) in [7, 11) is 0. The van der Waals surface area contributed by atoms with E-state index in [1.54, 1.807) is 0 Å². The highest BCUT2D eigenvalue weighted by atomic mass is 16.6. The second-order valence-corrected chi connectivity index (χ2v) is 20.9. The van der Waals surface area contributed by atoms with E-state index in [9.17, 15) is 14.4 Å². The molecular formula is C73H118O6. The van der Waals surface area contributed by atoms with Crippen LogP contribution in [0.1, 0.15) is 278 Å². The minimum absolute atomic E-state index is 0.0999. The summed E-state index contributed by atoms with van der Waals surface area (Å²) >= 11 is 0. The molecule has 0 amide bonds. The van der Waals surface area contributed by atoms with E-state index in [1.165, 1.54) is 77.0 Å². The van der Waals surface area contributed by atoms with E-state index in [0.29, 0.717) is 19.3 Å². The van der Waals surface area contributed by atoms with Gasteiger partial charge in [-0.3, -0.25) is 14.4 Å². The molecule has 79 heavy (non-hydrogen) atoms. The Bertz CT molecular complexity index is 1730. The molecule has 0 radical (unpaired) electrons. The Morgan fingerprint density at radius 3 is 0.722 bits per heavy atom. The number of ether oxygens (including phenoxy) is 3. The monoisotopic (exact) mass is 1090 g/mol. The molecule has 0 rings (SSSR count). The fourth-order valence-electron chi connectivity index (χ4n) is 8.59. The summed E-state index contributed by atoms with van der Waals surface area (Å²) in [5, 5.41) is 0. The van der Waals surface area contributed by atoms with Crippen LogP contribution in [0.25, 0.3) is 0 Å². The zero-order valence-corrected chi connectivity index (χ0v) is 51.1. The minimum Gasteiger partial charge on any atom is -0.462 e. The van der Waals surface area contributed by atoms with Gasteiger partial charge in [-0.2, -0.15) is 0 Å². The Balaban J connectivity index is 4.36. The van der Waals surface area contributed by atoms with Gasteiger partial charge in [0.2, 0.25) is 0 Å². The summed E-state index contributed by atoms with van der Waals surface area (Å²) in [5.41, 5.74) is 0. The lowest BCUT2D eigenvalue weighted by Crippen LogP contribution is -2.30. The first-order chi connectivity index (χ1) is 39.0. The van der Waals surface area contributed by atoms with Gasteiger partial charge < -0.3 is 14.2 Å². The molecule has 0 aromatic carbocycles. The van der Waals surface area contributed by atoms with Gasteiger partial charge in [-0.25, -0.2) is 0 Å². The molecule has 0 N–H and O–H groups in total. The third kappa shape index (κ3) is 64.0. The van der Waals surface area contributed by atoms with Crippen LogP contribution in [-0.2, 0) is 28.6 Å². The number of carbonyl (C=O) groups excluding carboxylic acids is 3. The first-order valence-corrected chi connectivity index (χ1v) is 32.3. The second-order valence-electron chi connectivity index (χ2n) is 20.9. The van der Waals surface area contributed by atoms with E-state index in [2.05, 4.69) is 167 Å². The number of allylic oxidation sites excluding steroid dienone is 24. The lowest BCUT2D eigenvalue weighted by Gasteiger charge is -2.18. The van der Waals surface area contributed by atoms with E-state index in [0.717, 1.165) is 161 Å². The Hall–Kier alpha value is -4.71. The fraction of sp³-hybridized carbons (Fsp3) is 0.630. The molecular weight excluding hydrogens is 973 g/mol. The van der Waals surface area contributed by atoms with Crippen molar-refractivity contribution in [3.8, 4) is 0 Å². The van der Waals surface area contributed by atoms with Crippen molar-refractivity contribution in [3.05, 3.63) is 146 Å². The Morgan fingerprint density at radius 2 is 0.456 bits per heavy atom. The summed E-state index contributed by atoms with van der Waals surface area (Å²) in [6.07, 6.45) is 94.3. The van der Waals surface area contributed by atoms with Crippen LogP contribution in [0.15, 0.2) is 146 Å². The van der Waals surface area contributed by atoms with Crippen LogP contribution in [0, 0.1) is 0 Å². The maximum atomic E-state index is 12.9. The maximum Gasteiger partial charge on any atom is 0.306 e. The molecule has 0 heterocycles. The molecule has 446 valence electrons. The summed E-state index contributed by atoms with van der Waals surface area (Å²) in [5.74, 6) is -0.949. The van der Waals surface area contributed by atoms with Crippen molar-refractivity contribution in [2.24, 2.45) is 0 Å². The fourth-order valence-corrected chi connectivity index (χ4v) is 8.59. The first-order valence-electron chi connectivity index (χ1n) is 32.3. The summed E-state index contributed by atoms with van der Waals surface area (Å²) in [4.78, 5) is 38.3. The molecule has 0 spiro atoms. The zero-order chi connectivity index (χ0) is 57.1. The molecule has 1 atom stereocenters. The summed E-state index contributed by atoms with van der Waals surface area (Å²) in [6.45, 7) is 6.26. The number of esters is 3. The van der Waals surface area contributed by atoms with Crippen LogP contribution in [0.2, 0.25) is 0 Å². The molecule has 0 aromatic heterocycles. The van der Waals surface area contributed by atoms with Crippen LogP contribution in [0.4, 0.5) is 0 Å². The van der Waals surface area contributed by atoms with Crippen molar-refractivity contribution >= 4 is 17.9 Å². The third-order valence-electron chi connectivity index (χ3n) is 13.3. The quantitative estimate of drug-likeness (QED) is 0.0261.